The Hall–Kier alpha value is -2.36. The van der Waals surface area contributed by atoms with Gasteiger partial charge in [0.2, 0.25) is 0 Å². The Morgan fingerprint density at radius 1 is 0.950 bits per heavy atom. The first-order valence-electron chi connectivity index (χ1n) is 6.39. The maximum atomic E-state index is 11.5. The van der Waals surface area contributed by atoms with Crippen LogP contribution in [0.5, 0.6) is 11.5 Å². The van der Waals surface area contributed by atoms with Gasteiger partial charge < -0.3 is 9.47 Å². The zero-order valence-electron chi connectivity index (χ0n) is 11.3. The molecule has 0 saturated heterocycles. The van der Waals surface area contributed by atoms with Crippen LogP contribution in [0.3, 0.4) is 0 Å². The number of carbonyl (C=O) groups excluding carboxylic acids is 2. The first-order chi connectivity index (χ1) is 9.65. The highest BCUT2D eigenvalue weighted by atomic mass is 16.5. The van der Waals surface area contributed by atoms with Crippen LogP contribution in [0, 0.1) is 0 Å². The van der Waals surface area contributed by atoms with Crippen molar-refractivity contribution in [3.63, 3.8) is 0 Å². The Kier molecular flexibility index (Phi) is 6.82. The first-order valence-corrected chi connectivity index (χ1v) is 6.39. The molecule has 0 heterocycles. The van der Waals surface area contributed by atoms with Crippen molar-refractivity contribution >= 4 is 11.9 Å². The van der Waals surface area contributed by atoms with E-state index in [4.69, 9.17) is 9.47 Å². The second kappa shape index (κ2) is 8.69. The Morgan fingerprint density at radius 3 is 1.80 bits per heavy atom. The number of ether oxygens (including phenoxy) is 2. The molecule has 1 rings (SSSR count). The van der Waals surface area contributed by atoms with Crippen LogP contribution < -0.4 is 9.47 Å². The molecule has 0 spiro atoms. The third kappa shape index (κ3) is 6.00. The Labute approximate surface area is 118 Å². The zero-order chi connectivity index (χ0) is 14.8. The number of hydrogen-bond acceptors (Lipinski definition) is 4. The van der Waals surface area contributed by atoms with E-state index < -0.39 is 0 Å². The van der Waals surface area contributed by atoms with Crippen LogP contribution in [0.4, 0.5) is 0 Å². The number of benzene rings is 1. The maximum absolute atomic E-state index is 11.5. The van der Waals surface area contributed by atoms with Crippen molar-refractivity contribution in [1.29, 1.82) is 0 Å². The van der Waals surface area contributed by atoms with Crippen LogP contribution in [-0.4, -0.2) is 11.9 Å². The molecule has 0 fully saturated rings. The lowest BCUT2D eigenvalue weighted by atomic mass is 10.3. The van der Waals surface area contributed by atoms with E-state index in [0.29, 0.717) is 24.3 Å². The normalized spacial score (nSPS) is 9.60. The minimum atomic E-state index is -0.347. The summed E-state index contributed by atoms with van der Waals surface area (Å²) in [6.45, 7) is 7.08. The number of rotatable bonds is 8. The SMILES string of the molecule is C=CCCC(=O)Oc1cccc(OC(=O)CCC=C)c1. The minimum Gasteiger partial charge on any atom is -0.426 e. The Morgan fingerprint density at radius 2 is 1.40 bits per heavy atom. The molecule has 0 atom stereocenters. The molecule has 0 unspecified atom stereocenters. The summed E-state index contributed by atoms with van der Waals surface area (Å²) < 4.78 is 10.3. The van der Waals surface area contributed by atoms with Gasteiger partial charge in [-0.1, -0.05) is 18.2 Å². The lowest BCUT2D eigenvalue weighted by Crippen LogP contribution is -2.09. The van der Waals surface area contributed by atoms with Gasteiger partial charge in [0.05, 0.1) is 0 Å². The molecule has 0 saturated carbocycles. The Bertz CT molecular complexity index is 450. The molecule has 0 radical (unpaired) electrons. The van der Waals surface area contributed by atoms with Crippen LogP contribution >= 0.6 is 0 Å². The topological polar surface area (TPSA) is 52.6 Å². The van der Waals surface area contributed by atoms with Gasteiger partial charge in [0.25, 0.3) is 0 Å². The number of esters is 2. The second-order valence-electron chi connectivity index (χ2n) is 4.08. The second-order valence-corrected chi connectivity index (χ2v) is 4.08. The predicted octanol–water partition coefficient (Wildman–Crippen LogP) is 3.43. The van der Waals surface area contributed by atoms with Gasteiger partial charge in [-0.15, -0.1) is 13.2 Å². The van der Waals surface area contributed by atoms with Crippen LogP contribution in [-0.2, 0) is 9.59 Å². The molecule has 0 N–H and O–H groups in total. The van der Waals surface area contributed by atoms with Gasteiger partial charge in [0, 0.05) is 18.9 Å². The molecule has 0 amide bonds. The Balaban J connectivity index is 2.56. The van der Waals surface area contributed by atoms with E-state index in [2.05, 4.69) is 13.2 Å². The van der Waals surface area contributed by atoms with Crippen LogP contribution in [0.15, 0.2) is 49.6 Å². The summed E-state index contributed by atoms with van der Waals surface area (Å²) in [6.07, 6.45) is 4.97. The maximum Gasteiger partial charge on any atom is 0.311 e. The lowest BCUT2D eigenvalue weighted by Gasteiger charge is -2.06. The minimum absolute atomic E-state index is 0.271. The van der Waals surface area contributed by atoms with Crippen molar-refractivity contribution < 1.29 is 19.1 Å². The van der Waals surface area contributed by atoms with Crippen molar-refractivity contribution in [3.8, 4) is 11.5 Å². The van der Waals surface area contributed by atoms with Crippen molar-refractivity contribution in [2.24, 2.45) is 0 Å². The molecule has 1 aromatic rings. The lowest BCUT2D eigenvalue weighted by molar-refractivity contribution is -0.134. The summed E-state index contributed by atoms with van der Waals surface area (Å²) in [4.78, 5) is 22.9. The summed E-state index contributed by atoms with van der Waals surface area (Å²) in [5.74, 6) is 0.0150. The van der Waals surface area contributed by atoms with Gasteiger partial charge in [-0.25, -0.2) is 0 Å². The van der Waals surface area contributed by atoms with E-state index in [-0.39, 0.29) is 24.8 Å². The highest BCUT2D eigenvalue weighted by molar-refractivity contribution is 5.74. The number of hydrogen-bond donors (Lipinski definition) is 0. The van der Waals surface area contributed by atoms with Gasteiger partial charge in [-0.3, -0.25) is 9.59 Å². The third-order valence-corrected chi connectivity index (χ3v) is 2.37. The third-order valence-electron chi connectivity index (χ3n) is 2.37. The van der Waals surface area contributed by atoms with Crippen molar-refractivity contribution in [1.82, 2.24) is 0 Å². The molecule has 106 valence electrons. The van der Waals surface area contributed by atoms with Crippen LogP contribution in [0.2, 0.25) is 0 Å². The molecular weight excluding hydrogens is 256 g/mol. The van der Waals surface area contributed by atoms with Gasteiger partial charge in [0.1, 0.15) is 11.5 Å². The largest absolute Gasteiger partial charge is 0.426 e. The monoisotopic (exact) mass is 274 g/mol. The standard InChI is InChI=1S/C16H18O4/c1-3-5-10-15(17)19-13-8-7-9-14(12-13)20-16(18)11-6-4-2/h3-4,7-9,12H,1-2,5-6,10-11H2. The van der Waals surface area contributed by atoms with E-state index in [0.717, 1.165) is 0 Å². The van der Waals surface area contributed by atoms with Gasteiger partial charge >= 0.3 is 11.9 Å². The van der Waals surface area contributed by atoms with Gasteiger partial charge in [-0.2, -0.15) is 0 Å². The van der Waals surface area contributed by atoms with Crippen LogP contribution in [0.1, 0.15) is 25.7 Å². The number of allylic oxidation sites excluding steroid dienone is 2. The van der Waals surface area contributed by atoms with Crippen molar-refractivity contribution in [3.05, 3.63) is 49.6 Å². The fourth-order valence-electron chi connectivity index (χ4n) is 1.41. The summed E-state index contributed by atoms with van der Waals surface area (Å²) in [6, 6.07) is 6.43. The average molecular weight is 274 g/mol. The molecule has 0 aromatic heterocycles. The quantitative estimate of drug-likeness (QED) is 0.414. The highest BCUT2D eigenvalue weighted by Crippen LogP contribution is 2.20. The summed E-state index contributed by atoms with van der Waals surface area (Å²) in [7, 11) is 0. The van der Waals surface area contributed by atoms with Crippen molar-refractivity contribution in [2.45, 2.75) is 25.7 Å². The van der Waals surface area contributed by atoms with Crippen LogP contribution in [0.25, 0.3) is 0 Å². The molecule has 0 bridgehead atoms. The van der Waals surface area contributed by atoms with E-state index in [1.807, 2.05) is 0 Å². The fraction of sp³-hybridized carbons (Fsp3) is 0.250. The average Bonchev–Trinajstić information content (AvgIpc) is 2.43. The summed E-state index contributed by atoms with van der Waals surface area (Å²) in [5.41, 5.74) is 0. The molecule has 0 aliphatic rings. The first kappa shape index (κ1) is 15.7. The van der Waals surface area contributed by atoms with Gasteiger partial charge in [-0.05, 0) is 25.0 Å². The molecule has 4 heteroatoms. The predicted molar refractivity (Wildman–Crippen MR) is 76.6 cm³/mol. The fourth-order valence-corrected chi connectivity index (χ4v) is 1.41. The van der Waals surface area contributed by atoms with E-state index in [1.54, 1.807) is 30.4 Å². The van der Waals surface area contributed by atoms with Crippen molar-refractivity contribution in [2.75, 3.05) is 0 Å². The molecule has 1 aromatic carbocycles. The molecule has 0 aliphatic heterocycles. The van der Waals surface area contributed by atoms with E-state index >= 15 is 0 Å². The summed E-state index contributed by atoms with van der Waals surface area (Å²) >= 11 is 0. The molecule has 0 aliphatic carbocycles. The van der Waals surface area contributed by atoms with Gasteiger partial charge in [0.15, 0.2) is 0 Å². The van der Waals surface area contributed by atoms with E-state index in [9.17, 15) is 9.59 Å². The number of carbonyl (C=O) groups is 2. The summed E-state index contributed by atoms with van der Waals surface area (Å²) in [5, 5.41) is 0. The molecule has 4 nitrogen and oxygen atoms in total. The highest BCUT2D eigenvalue weighted by Gasteiger charge is 2.07. The smallest absolute Gasteiger partial charge is 0.311 e. The zero-order valence-corrected chi connectivity index (χ0v) is 11.3. The molecule has 20 heavy (non-hydrogen) atoms. The van der Waals surface area contributed by atoms with E-state index in [1.165, 1.54) is 6.07 Å². The molecular formula is C16H18O4.